The Kier molecular flexibility index (Phi) is 5.21. The summed E-state index contributed by atoms with van der Waals surface area (Å²) in [6.07, 6.45) is 2.70. The third-order valence-corrected chi connectivity index (χ3v) is 2.63. The smallest absolute Gasteiger partial charge is 0.407 e. The normalized spacial score (nSPS) is 24.0. The number of nitrogens with one attached hydrogen (secondary N) is 2. The van der Waals surface area contributed by atoms with Crippen LogP contribution in [-0.4, -0.2) is 36.9 Å². The molecule has 1 amide bonds. The van der Waals surface area contributed by atoms with E-state index in [4.69, 9.17) is 10.5 Å². The van der Waals surface area contributed by atoms with Crippen LogP contribution >= 0.6 is 0 Å². The van der Waals surface area contributed by atoms with E-state index >= 15 is 0 Å². The molecule has 0 radical (unpaired) electrons. The molecule has 1 aliphatic rings. The maximum absolute atomic E-state index is 11.3. The number of rotatable bonds is 5. The molecule has 4 N–H and O–H groups in total. The fourth-order valence-electron chi connectivity index (χ4n) is 1.73. The van der Waals surface area contributed by atoms with E-state index in [-0.39, 0.29) is 6.09 Å². The van der Waals surface area contributed by atoms with Crippen molar-refractivity contribution >= 4 is 6.09 Å². The van der Waals surface area contributed by atoms with Crippen molar-refractivity contribution in [2.45, 2.75) is 57.7 Å². The number of amides is 1. The van der Waals surface area contributed by atoms with Crippen LogP contribution in [0.4, 0.5) is 4.79 Å². The lowest BCUT2D eigenvalue weighted by Gasteiger charge is -2.33. The highest BCUT2D eigenvalue weighted by Crippen LogP contribution is 2.16. The summed E-state index contributed by atoms with van der Waals surface area (Å²) in [5.41, 5.74) is 5.26. The Morgan fingerprint density at radius 1 is 1.35 bits per heavy atom. The summed E-state index contributed by atoms with van der Waals surface area (Å²) in [4.78, 5) is 11.3. The van der Waals surface area contributed by atoms with E-state index in [0.29, 0.717) is 18.6 Å². The van der Waals surface area contributed by atoms with Gasteiger partial charge in [-0.2, -0.15) is 0 Å². The highest BCUT2D eigenvalue weighted by molar-refractivity contribution is 5.67. The number of carbonyl (C=O) groups is 1. The monoisotopic (exact) mass is 243 g/mol. The average molecular weight is 243 g/mol. The van der Waals surface area contributed by atoms with Crippen LogP contribution in [0.3, 0.4) is 0 Å². The maximum Gasteiger partial charge on any atom is 0.407 e. The van der Waals surface area contributed by atoms with Crippen molar-refractivity contribution in [3.05, 3.63) is 0 Å². The second kappa shape index (κ2) is 6.21. The van der Waals surface area contributed by atoms with Crippen molar-refractivity contribution in [3.63, 3.8) is 0 Å². The molecule has 0 aromatic heterocycles. The molecule has 0 aliphatic heterocycles. The predicted molar refractivity (Wildman–Crippen MR) is 67.9 cm³/mol. The third-order valence-electron chi connectivity index (χ3n) is 2.63. The largest absolute Gasteiger partial charge is 0.444 e. The summed E-state index contributed by atoms with van der Waals surface area (Å²) in [5.74, 6) is 0. The first kappa shape index (κ1) is 14.3. The van der Waals surface area contributed by atoms with Gasteiger partial charge in [0.15, 0.2) is 0 Å². The van der Waals surface area contributed by atoms with E-state index in [9.17, 15) is 4.79 Å². The molecular formula is C12H25N3O2. The molecule has 5 nitrogen and oxygen atoms in total. The summed E-state index contributed by atoms with van der Waals surface area (Å²) in [5, 5.41) is 6.13. The van der Waals surface area contributed by atoms with Crippen molar-refractivity contribution < 1.29 is 9.53 Å². The first-order chi connectivity index (χ1) is 7.87. The second-order valence-electron chi connectivity index (χ2n) is 5.66. The average Bonchev–Trinajstić information content (AvgIpc) is 2.11. The Hall–Kier alpha value is -0.810. The molecule has 5 heteroatoms. The molecule has 0 unspecified atom stereocenters. The molecule has 0 saturated heterocycles. The molecule has 1 fully saturated rings. The molecule has 1 rings (SSSR count). The molecule has 1 aliphatic carbocycles. The summed E-state index contributed by atoms with van der Waals surface area (Å²) in [7, 11) is 0. The second-order valence-corrected chi connectivity index (χ2v) is 5.66. The van der Waals surface area contributed by atoms with Crippen LogP contribution in [-0.2, 0) is 4.74 Å². The first-order valence-corrected chi connectivity index (χ1v) is 6.32. The van der Waals surface area contributed by atoms with Gasteiger partial charge in [-0.1, -0.05) is 0 Å². The van der Waals surface area contributed by atoms with Gasteiger partial charge in [0.25, 0.3) is 0 Å². The molecule has 17 heavy (non-hydrogen) atoms. The minimum absolute atomic E-state index is 0.344. The zero-order valence-corrected chi connectivity index (χ0v) is 11.1. The quantitative estimate of drug-likeness (QED) is 0.629. The topological polar surface area (TPSA) is 76.4 Å². The Bertz CT molecular complexity index is 245. The van der Waals surface area contributed by atoms with Gasteiger partial charge < -0.3 is 21.1 Å². The fourth-order valence-corrected chi connectivity index (χ4v) is 1.73. The fraction of sp³-hybridized carbons (Fsp3) is 0.917. The number of ether oxygens (including phenoxy) is 1. The minimum Gasteiger partial charge on any atom is -0.444 e. The Balaban J connectivity index is 1.92. The van der Waals surface area contributed by atoms with Gasteiger partial charge >= 0.3 is 6.09 Å². The maximum atomic E-state index is 11.3. The number of nitrogens with two attached hydrogens (primary N) is 1. The van der Waals surface area contributed by atoms with Gasteiger partial charge in [-0.05, 0) is 46.6 Å². The van der Waals surface area contributed by atoms with Gasteiger partial charge in [-0.25, -0.2) is 4.79 Å². The van der Waals surface area contributed by atoms with E-state index in [1.54, 1.807) is 0 Å². The van der Waals surface area contributed by atoms with Crippen LogP contribution in [0.2, 0.25) is 0 Å². The van der Waals surface area contributed by atoms with Crippen LogP contribution in [0.5, 0.6) is 0 Å². The molecule has 1 saturated carbocycles. The van der Waals surface area contributed by atoms with Crippen LogP contribution in [0.1, 0.15) is 40.0 Å². The molecule has 0 spiro atoms. The van der Waals surface area contributed by atoms with Gasteiger partial charge in [0.05, 0.1) is 0 Å². The molecule has 0 aromatic carbocycles. The lowest BCUT2D eigenvalue weighted by Crippen LogP contribution is -2.48. The zero-order valence-electron chi connectivity index (χ0n) is 11.1. The summed E-state index contributed by atoms with van der Waals surface area (Å²) < 4.78 is 5.12. The van der Waals surface area contributed by atoms with Crippen molar-refractivity contribution in [1.82, 2.24) is 10.6 Å². The standard InChI is InChI=1S/C12H25N3O2/c1-12(2,3)17-11(16)15-6-4-5-14-10-7-9(13)8-10/h9-10,14H,4-8,13H2,1-3H3,(H,15,16). The molecule has 100 valence electrons. The van der Waals surface area contributed by atoms with E-state index in [1.807, 2.05) is 20.8 Å². The van der Waals surface area contributed by atoms with Crippen LogP contribution in [0.25, 0.3) is 0 Å². The lowest BCUT2D eigenvalue weighted by atomic mass is 9.88. The SMILES string of the molecule is CC(C)(C)OC(=O)NCCCNC1CC(N)C1. The van der Waals surface area contributed by atoms with Crippen molar-refractivity contribution in [2.24, 2.45) is 5.73 Å². The highest BCUT2D eigenvalue weighted by Gasteiger charge is 2.24. The number of alkyl carbamates (subject to hydrolysis) is 1. The number of hydrogen-bond donors (Lipinski definition) is 3. The third kappa shape index (κ3) is 6.48. The van der Waals surface area contributed by atoms with E-state index in [1.165, 1.54) is 0 Å². The predicted octanol–water partition coefficient (Wildman–Crippen LogP) is 0.980. The molecular weight excluding hydrogens is 218 g/mol. The number of carbonyl (C=O) groups excluding carboxylic acids is 1. The Labute approximate surface area is 103 Å². The number of hydrogen-bond acceptors (Lipinski definition) is 4. The molecule has 0 aromatic rings. The van der Waals surface area contributed by atoms with Gasteiger partial charge in [-0.3, -0.25) is 0 Å². The van der Waals surface area contributed by atoms with Gasteiger partial charge in [0, 0.05) is 18.6 Å². The molecule has 0 heterocycles. The summed E-state index contributed by atoms with van der Waals surface area (Å²) in [6.45, 7) is 7.11. The van der Waals surface area contributed by atoms with Crippen LogP contribution < -0.4 is 16.4 Å². The summed E-state index contributed by atoms with van der Waals surface area (Å²) >= 11 is 0. The van der Waals surface area contributed by atoms with Crippen molar-refractivity contribution in [1.29, 1.82) is 0 Å². The molecule has 0 atom stereocenters. The van der Waals surface area contributed by atoms with Crippen molar-refractivity contribution in [2.75, 3.05) is 13.1 Å². The first-order valence-electron chi connectivity index (χ1n) is 6.32. The minimum atomic E-state index is -0.426. The van der Waals surface area contributed by atoms with Crippen LogP contribution in [0.15, 0.2) is 0 Å². The molecule has 0 bridgehead atoms. The highest BCUT2D eigenvalue weighted by atomic mass is 16.6. The van der Waals surface area contributed by atoms with E-state index < -0.39 is 5.60 Å². The van der Waals surface area contributed by atoms with E-state index in [2.05, 4.69) is 10.6 Å². The van der Waals surface area contributed by atoms with Crippen molar-refractivity contribution in [3.8, 4) is 0 Å². The van der Waals surface area contributed by atoms with Gasteiger partial charge in [0.1, 0.15) is 5.60 Å². The Morgan fingerprint density at radius 3 is 2.53 bits per heavy atom. The zero-order chi connectivity index (χ0) is 12.9. The summed E-state index contributed by atoms with van der Waals surface area (Å²) in [6, 6.07) is 0.957. The van der Waals surface area contributed by atoms with Crippen LogP contribution in [0, 0.1) is 0 Å². The van der Waals surface area contributed by atoms with Gasteiger partial charge in [0.2, 0.25) is 0 Å². The van der Waals surface area contributed by atoms with E-state index in [0.717, 1.165) is 25.8 Å². The lowest BCUT2D eigenvalue weighted by molar-refractivity contribution is 0.0527. The van der Waals surface area contributed by atoms with Gasteiger partial charge in [-0.15, -0.1) is 0 Å². The Morgan fingerprint density at radius 2 is 2.00 bits per heavy atom.